The first-order chi connectivity index (χ1) is 7.50. The van der Waals surface area contributed by atoms with Crippen LogP contribution in [0.5, 0.6) is 0 Å². The van der Waals surface area contributed by atoms with E-state index < -0.39 is 18.4 Å². The SMILES string of the molecule is [2H]C([2H])([2H])c1cc(C(=O)OC(C)(C)C)nn1C. The van der Waals surface area contributed by atoms with Gasteiger partial charge in [0, 0.05) is 16.9 Å². The average Bonchev–Trinajstić information content (AvgIpc) is 2.42. The standard InChI is InChI=1S/C10H16N2O2/c1-7-6-8(11-12(7)5)9(13)14-10(2,3)4/h6H,1-5H3/i1D3. The van der Waals surface area contributed by atoms with E-state index in [0.717, 1.165) is 0 Å². The van der Waals surface area contributed by atoms with Gasteiger partial charge in [-0.15, -0.1) is 0 Å². The molecule has 1 heterocycles. The van der Waals surface area contributed by atoms with Crippen molar-refractivity contribution in [2.24, 2.45) is 7.05 Å². The summed E-state index contributed by atoms with van der Waals surface area (Å²) in [7, 11) is 1.48. The van der Waals surface area contributed by atoms with Crippen LogP contribution in [0.4, 0.5) is 0 Å². The number of hydrogen-bond acceptors (Lipinski definition) is 3. The Bertz CT molecular complexity index is 430. The van der Waals surface area contributed by atoms with Crippen molar-refractivity contribution in [2.75, 3.05) is 0 Å². The van der Waals surface area contributed by atoms with E-state index in [-0.39, 0.29) is 11.4 Å². The van der Waals surface area contributed by atoms with Crippen molar-refractivity contribution in [1.82, 2.24) is 9.78 Å². The third-order valence-corrected chi connectivity index (χ3v) is 1.49. The number of esters is 1. The van der Waals surface area contributed by atoms with Gasteiger partial charge in [0.2, 0.25) is 0 Å². The van der Waals surface area contributed by atoms with Crippen molar-refractivity contribution in [3.05, 3.63) is 17.5 Å². The number of nitrogens with zero attached hydrogens (tertiary/aromatic N) is 2. The van der Waals surface area contributed by atoms with Gasteiger partial charge in [-0.2, -0.15) is 5.10 Å². The Hall–Kier alpha value is -1.32. The van der Waals surface area contributed by atoms with E-state index in [1.54, 1.807) is 20.8 Å². The van der Waals surface area contributed by atoms with Gasteiger partial charge in [0.15, 0.2) is 5.69 Å². The molecular formula is C10H16N2O2. The zero-order valence-electron chi connectivity index (χ0n) is 11.8. The van der Waals surface area contributed by atoms with E-state index in [2.05, 4.69) is 5.10 Å². The van der Waals surface area contributed by atoms with Gasteiger partial charge in [-0.3, -0.25) is 4.68 Å². The zero-order chi connectivity index (χ0) is 13.4. The summed E-state index contributed by atoms with van der Waals surface area (Å²) in [4.78, 5) is 11.7. The Morgan fingerprint density at radius 2 is 2.29 bits per heavy atom. The van der Waals surface area contributed by atoms with Crippen LogP contribution in [0.2, 0.25) is 0 Å². The highest BCUT2D eigenvalue weighted by Crippen LogP contribution is 2.11. The van der Waals surface area contributed by atoms with Crippen LogP contribution in [0.15, 0.2) is 6.07 Å². The fourth-order valence-electron chi connectivity index (χ4n) is 0.897. The smallest absolute Gasteiger partial charge is 0.359 e. The van der Waals surface area contributed by atoms with Crippen LogP contribution in [0, 0.1) is 6.85 Å². The minimum absolute atomic E-state index is 0.00792. The maximum Gasteiger partial charge on any atom is 0.359 e. The molecule has 0 N–H and O–H groups in total. The summed E-state index contributed by atoms with van der Waals surface area (Å²) in [5.41, 5.74) is -0.610. The van der Waals surface area contributed by atoms with Crippen LogP contribution in [0.25, 0.3) is 0 Å². The molecule has 0 radical (unpaired) electrons. The molecular weight excluding hydrogens is 180 g/mol. The van der Waals surface area contributed by atoms with Crippen LogP contribution < -0.4 is 0 Å². The molecule has 0 aromatic carbocycles. The fraction of sp³-hybridized carbons (Fsp3) is 0.600. The lowest BCUT2D eigenvalue weighted by Crippen LogP contribution is -2.24. The van der Waals surface area contributed by atoms with Crippen molar-refractivity contribution >= 4 is 5.97 Å². The van der Waals surface area contributed by atoms with E-state index in [1.165, 1.54) is 17.8 Å². The zero-order valence-corrected chi connectivity index (χ0v) is 8.79. The van der Waals surface area contributed by atoms with Crippen LogP contribution in [0.3, 0.4) is 0 Å². The van der Waals surface area contributed by atoms with Gasteiger partial charge in [-0.25, -0.2) is 4.79 Å². The topological polar surface area (TPSA) is 44.1 Å². The Balaban J connectivity index is 2.99. The number of rotatable bonds is 1. The summed E-state index contributed by atoms with van der Waals surface area (Å²) >= 11 is 0. The molecule has 0 aliphatic heterocycles. The maximum atomic E-state index is 11.7. The molecule has 4 nitrogen and oxygen atoms in total. The predicted octanol–water partition coefficient (Wildman–Crippen LogP) is 1.68. The van der Waals surface area contributed by atoms with Gasteiger partial charge in [0.05, 0.1) is 0 Å². The Morgan fingerprint density at radius 3 is 2.71 bits per heavy atom. The first-order valence-electron chi connectivity index (χ1n) is 5.78. The first kappa shape index (κ1) is 7.04. The molecule has 78 valence electrons. The Morgan fingerprint density at radius 1 is 1.64 bits per heavy atom. The second-order valence-electron chi connectivity index (χ2n) is 4.04. The number of carbonyl (C=O) groups excluding carboxylic acids is 1. The van der Waals surface area contributed by atoms with E-state index in [9.17, 15) is 4.79 Å². The molecule has 0 saturated heterocycles. The number of aromatic nitrogens is 2. The van der Waals surface area contributed by atoms with E-state index in [4.69, 9.17) is 8.85 Å². The predicted molar refractivity (Wildman–Crippen MR) is 53.1 cm³/mol. The molecule has 0 aliphatic rings. The molecule has 1 rings (SSSR count). The third-order valence-electron chi connectivity index (χ3n) is 1.49. The lowest BCUT2D eigenvalue weighted by molar-refractivity contribution is 0.00621. The first-order valence-corrected chi connectivity index (χ1v) is 4.28. The van der Waals surface area contributed by atoms with Crippen LogP contribution in [-0.4, -0.2) is 21.4 Å². The molecule has 0 spiro atoms. The van der Waals surface area contributed by atoms with Crippen molar-refractivity contribution in [3.63, 3.8) is 0 Å². The second-order valence-corrected chi connectivity index (χ2v) is 4.04. The van der Waals surface area contributed by atoms with Gasteiger partial charge in [0.25, 0.3) is 0 Å². The van der Waals surface area contributed by atoms with Crippen molar-refractivity contribution in [3.8, 4) is 0 Å². The van der Waals surface area contributed by atoms with Gasteiger partial charge in [0.1, 0.15) is 5.60 Å². The molecule has 0 unspecified atom stereocenters. The van der Waals surface area contributed by atoms with E-state index in [0.29, 0.717) is 0 Å². The summed E-state index contributed by atoms with van der Waals surface area (Å²) in [6.07, 6.45) is 0. The normalized spacial score (nSPS) is 15.6. The summed E-state index contributed by atoms with van der Waals surface area (Å²) in [5, 5.41) is 3.84. The lowest BCUT2D eigenvalue weighted by Gasteiger charge is -2.18. The lowest BCUT2D eigenvalue weighted by atomic mass is 10.2. The Kier molecular flexibility index (Phi) is 1.73. The minimum atomic E-state index is -2.29. The highest BCUT2D eigenvalue weighted by molar-refractivity contribution is 5.87. The van der Waals surface area contributed by atoms with Crippen LogP contribution in [0.1, 0.15) is 41.1 Å². The van der Waals surface area contributed by atoms with E-state index in [1.807, 2.05) is 0 Å². The number of carbonyl (C=O) groups is 1. The molecule has 0 bridgehead atoms. The van der Waals surface area contributed by atoms with Gasteiger partial charge in [-0.1, -0.05) is 0 Å². The van der Waals surface area contributed by atoms with Gasteiger partial charge < -0.3 is 4.74 Å². The largest absolute Gasteiger partial charge is 0.455 e. The molecule has 0 atom stereocenters. The average molecular weight is 199 g/mol. The van der Waals surface area contributed by atoms with Crippen LogP contribution >= 0.6 is 0 Å². The van der Waals surface area contributed by atoms with Gasteiger partial charge >= 0.3 is 5.97 Å². The highest BCUT2D eigenvalue weighted by Gasteiger charge is 2.20. The fourth-order valence-corrected chi connectivity index (χ4v) is 0.897. The molecule has 14 heavy (non-hydrogen) atoms. The molecule has 1 aromatic heterocycles. The number of aryl methyl sites for hydroxylation is 2. The maximum absolute atomic E-state index is 11.7. The Labute approximate surface area is 88.1 Å². The molecule has 0 amide bonds. The van der Waals surface area contributed by atoms with Crippen molar-refractivity contribution in [1.29, 1.82) is 0 Å². The summed E-state index contributed by atoms with van der Waals surface area (Å²) in [6.45, 7) is 2.91. The van der Waals surface area contributed by atoms with Gasteiger partial charge in [-0.05, 0) is 33.7 Å². The van der Waals surface area contributed by atoms with Crippen molar-refractivity contribution in [2.45, 2.75) is 33.2 Å². The summed E-state index contributed by atoms with van der Waals surface area (Å²) in [6, 6.07) is 1.24. The van der Waals surface area contributed by atoms with E-state index >= 15 is 0 Å². The molecule has 0 saturated carbocycles. The second kappa shape index (κ2) is 3.44. The summed E-state index contributed by atoms with van der Waals surface area (Å²) in [5.74, 6) is -0.622. The molecule has 0 aliphatic carbocycles. The molecule has 4 heteroatoms. The molecule has 1 aromatic rings. The summed E-state index contributed by atoms with van der Waals surface area (Å²) < 4.78 is 28.1. The third kappa shape index (κ3) is 2.58. The minimum Gasteiger partial charge on any atom is -0.455 e. The number of ether oxygens (including phenoxy) is 1. The van der Waals surface area contributed by atoms with Crippen LogP contribution in [-0.2, 0) is 11.8 Å². The highest BCUT2D eigenvalue weighted by atomic mass is 16.6. The molecule has 0 fully saturated rings. The quantitative estimate of drug-likeness (QED) is 0.646. The number of hydrogen-bond donors (Lipinski definition) is 0. The monoisotopic (exact) mass is 199 g/mol. The van der Waals surface area contributed by atoms with Crippen molar-refractivity contribution < 1.29 is 13.6 Å².